The minimum absolute atomic E-state index is 0.0380. The summed E-state index contributed by atoms with van der Waals surface area (Å²) in [5, 5.41) is 8.94. The van der Waals surface area contributed by atoms with E-state index in [-0.39, 0.29) is 15.8 Å². The molecule has 0 aliphatic heterocycles. The number of thiophene rings is 1. The molecule has 21 heavy (non-hydrogen) atoms. The molecule has 0 amide bonds. The topological polar surface area (TPSA) is 86.7 Å². The van der Waals surface area contributed by atoms with Crippen LogP contribution in [0.25, 0.3) is 0 Å². The average Bonchev–Trinajstić information content (AvgIpc) is 3.17. The van der Waals surface area contributed by atoms with Crippen LogP contribution in [0.5, 0.6) is 0 Å². The monoisotopic (exact) mass is 332 g/mol. The van der Waals surface area contributed by atoms with E-state index in [9.17, 15) is 13.2 Å². The van der Waals surface area contributed by atoms with Gasteiger partial charge in [-0.1, -0.05) is 0 Å². The van der Waals surface area contributed by atoms with Crippen molar-refractivity contribution in [1.29, 1.82) is 0 Å². The highest BCUT2D eigenvalue weighted by Crippen LogP contribution is 2.27. The first kappa shape index (κ1) is 16.4. The molecule has 118 valence electrons. The zero-order valence-electron chi connectivity index (χ0n) is 12.3. The quantitative estimate of drug-likeness (QED) is 0.790. The molecule has 0 aromatic carbocycles. The lowest BCUT2D eigenvalue weighted by Crippen LogP contribution is -2.41. The molecule has 1 aromatic rings. The van der Waals surface area contributed by atoms with E-state index < -0.39 is 16.0 Å². The highest BCUT2D eigenvalue weighted by Gasteiger charge is 2.30. The number of carboxylic acids is 1. The molecule has 0 spiro atoms. The summed E-state index contributed by atoms with van der Waals surface area (Å²) in [4.78, 5) is 13.7. The van der Waals surface area contributed by atoms with E-state index in [0.29, 0.717) is 17.5 Å². The van der Waals surface area contributed by atoms with Gasteiger partial charge in [0.1, 0.15) is 4.88 Å². The van der Waals surface area contributed by atoms with Crippen LogP contribution in [-0.2, 0) is 10.0 Å². The second kappa shape index (κ2) is 6.04. The van der Waals surface area contributed by atoms with Gasteiger partial charge in [-0.05, 0) is 39.8 Å². The summed E-state index contributed by atoms with van der Waals surface area (Å²) in [5.41, 5.74) is 0. The Labute approximate surface area is 128 Å². The molecular weight excluding hydrogens is 312 g/mol. The van der Waals surface area contributed by atoms with Crippen LogP contribution in [0.4, 0.5) is 0 Å². The maximum Gasteiger partial charge on any atom is 0.345 e. The zero-order valence-corrected chi connectivity index (χ0v) is 13.9. The number of rotatable bonds is 7. The Bertz CT molecular complexity index is 635. The van der Waals surface area contributed by atoms with Crippen LogP contribution < -0.4 is 4.72 Å². The van der Waals surface area contributed by atoms with Gasteiger partial charge in [0.25, 0.3) is 0 Å². The lowest BCUT2D eigenvalue weighted by atomic mass is 10.3. The zero-order chi connectivity index (χ0) is 15.8. The summed E-state index contributed by atoms with van der Waals surface area (Å²) in [6.45, 7) is 3.91. The number of hydrogen-bond acceptors (Lipinski definition) is 5. The van der Waals surface area contributed by atoms with Crippen molar-refractivity contribution >= 4 is 27.3 Å². The van der Waals surface area contributed by atoms with Crippen molar-refractivity contribution < 1.29 is 18.3 Å². The van der Waals surface area contributed by atoms with Crippen LogP contribution >= 0.6 is 11.3 Å². The van der Waals surface area contributed by atoms with Gasteiger partial charge in [-0.25, -0.2) is 17.9 Å². The molecule has 1 aliphatic rings. The number of hydrogen-bond donors (Lipinski definition) is 2. The van der Waals surface area contributed by atoms with E-state index in [4.69, 9.17) is 5.11 Å². The van der Waals surface area contributed by atoms with Crippen molar-refractivity contribution in [3.63, 3.8) is 0 Å². The van der Waals surface area contributed by atoms with Gasteiger partial charge in [-0.2, -0.15) is 0 Å². The molecule has 8 heteroatoms. The third-order valence-corrected chi connectivity index (χ3v) is 6.48. The lowest BCUT2D eigenvalue weighted by Gasteiger charge is -2.24. The summed E-state index contributed by atoms with van der Waals surface area (Å²) in [5.74, 6) is -1.11. The number of carboxylic acid groups (broad SMARTS) is 1. The van der Waals surface area contributed by atoms with Gasteiger partial charge < -0.3 is 5.11 Å². The van der Waals surface area contributed by atoms with Gasteiger partial charge in [0.05, 0.1) is 4.90 Å². The summed E-state index contributed by atoms with van der Waals surface area (Å²) in [6, 6.07) is 1.89. The fourth-order valence-corrected chi connectivity index (χ4v) is 4.68. The van der Waals surface area contributed by atoms with E-state index in [1.807, 2.05) is 14.0 Å². The van der Waals surface area contributed by atoms with Crippen LogP contribution in [0.2, 0.25) is 0 Å². The van der Waals surface area contributed by atoms with Crippen LogP contribution in [0.15, 0.2) is 11.0 Å². The predicted molar refractivity (Wildman–Crippen MR) is 81.5 cm³/mol. The van der Waals surface area contributed by atoms with Crippen LogP contribution in [0.3, 0.4) is 0 Å². The number of likely N-dealkylation sites (N-methyl/N-ethyl adjacent to an activating group) is 1. The Morgan fingerprint density at radius 2 is 2.19 bits per heavy atom. The summed E-state index contributed by atoms with van der Waals surface area (Å²) < 4.78 is 27.1. The SMILES string of the molecule is Cc1sc(C(=O)O)cc1S(=O)(=O)NCC(C)N(C)C1CC1. The largest absolute Gasteiger partial charge is 0.477 e. The number of nitrogens with one attached hydrogen (secondary N) is 1. The van der Waals surface area contributed by atoms with Crippen molar-refractivity contribution in [3.8, 4) is 0 Å². The molecule has 1 saturated carbocycles. The van der Waals surface area contributed by atoms with Crippen molar-refractivity contribution in [2.45, 2.75) is 43.7 Å². The Kier molecular flexibility index (Phi) is 4.72. The number of carbonyl (C=O) groups is 1. The molecular formula is C13H20N2O4S2. The molecule has 0 radical (unpaired) electrons. The second-order valence-electron chi connectivity index (χ2n) is 5.43. The van der Waals surface area contributed by atoms with E-state index in [0.717, 1.165) is 11.3 Å². The maximum absolute atomic E-state index is 12.3. The first-order valence-electron chi connectivity index (χ1n) is 6.77. The summed E-state index contributed by atoms with van der Waals surface area (Å²) >= 11 is 0.976. The van der Waals surface area contributed by atoms with E-state index in [1.165, 1.54) is 18.9 Å². The fraction of sp³-hybridized carbons (Fsp3) is 0.615. The number of nitrogens with zero attached hydrogens (tertiary/aromatic N) is 1. The first-order chi connectivity index (χ1) is 9.72. The van der Waals surface area contributed by atoms with Gasteiger partial charge in [0.2, 0.25) is 10.0 Å². The van der Waals surface area contributed by atoms with Gasteiger partial charge in [-0.15, -0.1) is 11.3 Å². The molecule has 1 heterocycles. The molecule has 1 aromatic heterocycles. The third-order valence-electron chi connectivity index (χ3n) is 3.76. The highest BCUT2D eigenvalue weighted by atomic mass is 32.2. The molecule has 1 fully saturated rings. The number of aryl methyl sites for hydroxylation is 1. The molecule has 1 atom stereocenters. The van der Waals surface area contributed by atoms with Crippen molar-refractivity contribution in [2.75, 3.05) is 13.6 Å². The molecule has 0 bridgehead atoms. The molecule has 0 saturated heterocycles. The normalized spacial score (nSPS) is 17.1. The second-order valence-corrected chi connectivity index (χ2v) is 8.43. The molecule has 2 N–H and O–H groups in total. The van der Waals surface area contributed by atoms with Crippen molar-refractivity contribution in [3.05, 3.63) is 15.8 Å². The van der Waals surface area contributed by atoms with Crippen LogP contribution in [-0.4, -0.2) is 50.1 Å². The average molecular weight is 332 g/mol. The standard InChI is InChI=1S/C13H20N2O4S2/c1-8(15(3)10-4-5-10)7-14-21(18,19)12-6-11(13(16)17)20-9(12)2/h6,8,10,14H,4-5,7H2,1-3H3,(H,16,17). The smallest absolute Gasteiger partial charge is 0.345 e. The minimum atomic E-state index is -3.67. The van der Waals surface area contributed by atoms with Gasteiger partial charge in [0, 0.05) is 23.5 Å². The molecule has 2 rings (SSSR count). The van der Waals surface area contributed by atoms with Gasteiger partial charge in [0.15, 0.2) is 0 Å². The third kappa shape index (κ3) is 3.82. The summed E-state index contributed by atoms with van der Waals surface area (Å²) in [7, 11) is -1.67. The fourth-order valence-electron chi connectivity index (χ4n) is 2.13. The highest BCUT2D eigenvalue weighted by molar-refractivity contribution is 7.89. The van der Waals surface area contributed by atoms with Crippen LogP contribution in [0, 0.1) is 6.92 Å². The minimum Gasteiger partial charge on any atom is -0.477 e. The molecule has 6 nitrogen and oxygen atoms in total. The van der Waals surface area contributed by atoms with E-state index in [1.54, 1.807) is 6.92 Å². The Balaban J connectivity index is 2.05. The number of sulfonamides is 1. The molecule has 1 unspecified atom stereocenters. The molecule has 1 aliphatic carbocycles. The Morgan fingerprint density at radius 1 is 1.57 bits per heavy atom. The number of aromatic carboxylic acids is 1. The Morgan fingerprint density at radius 3 is 2.67 bits per heavy atom. The van der Waals surface area contributed by atoms with E-state index in [2.05, 4.69) is 9.62 Å². The first-order valence-corrected chi connectivity index (χ1v) is 9.07. The Hall–Kier alpha value is -0.960. The van der Waals surface area contributed by atoms with E-state index >= 15 is 0 Å². The van der Waals surface area contributed by atoms with Gasteiger partial charge in [-0.3, -0.25) is 4.90 Å². The van der Waals surface area contributed by atoms with Crippen LogP contribution in [0.1, 0.15) is 34.3 Å². The van der Waals surface area contributed by atoms with Crippen molar-refractivity contribution in [2.24, 2.45) is 0 Å². The maximum atomic E-state index is 12.3. The predicted octanol–water partition coefficient (Wildman–Crippen LogP) is 1.52. The van der Waals surface area contributed by atoms with Gasteiger partial charge >= 0.3 is 5.97 Å². The van der Waals surface area contributed by atoms with Crippen molar-refractivity contribution in [1.82, 2.24) is 9.62 Å². The lowest BCUT2D eigenvalue weighted by molar-refractivity contribution is 0.0702. The summed E-state index contributed by atoms with van der Waals surface area (Å²) in [6.07, 6.45) is 2.33.